The molecule has 2 nitrogen and oxygen atoms in total. The maximum Gasteiger partial charge on any atom is 0.259 e. The van der Waals surface area contributed by atoms with E-state index in [-0.39, 0.29) is 0 Å². The lowest BCUT2D eigenvalue weighted by molar-refractivity contribution is 0.0751. The van der Waals surface area contributed by atoms with Gasteiger partial charge in [-0.1, -0.05) is 12.8 Å². The SMILES string of the molecule is O=C(c1c(F)cc(F)cc1F)N1CCCCCC1. The smallest absolute Gasteiger partial charge is 0.259 e. The molecule has 1 aliphatic rings. The van der Waals surface area contributed by atoms with Crippen LogP contribution in [0.1, 0.15) is 36.0 Å². The number of carbonyl (C=O) groups excluding carboxylic acids is 1. The van der Waals surface area contributed by atoms with E-state index in [0.717, 1.165) is 25.7 Å². The van der Waals surface area contributed by atoms with Gasteiger partial charge in [-0.05, 0) is 12.8 Å². The second kappa shape index (κ2) is 5.42. The molecule has 2 rings (SSSR count). The predicted molar refractivity (Wildman–Crippen MR) is 60.7 cm³/mol. The van der Waals surface area contributed by atoms with E-state index in [1.807, 2.05) is 0 Å². The number of likely N-dealkylation sites (tertiary alicyclic amines) is 1. The maximum atomic E-state index is 13.5. The summed E-state index contributed by atoms with van der Waals surface area (Å²) in [5.41, 5.74) is -0.654. The fraction of sp³-hybridized carbons (Fsp3) is 0.462. The molecule has 1 heterocycles. The monoisotopic (exact) mass is 257 g/mol. The van der Waals surface area contributed by atoms with Crippen molar-refractivity contribution >= 4 is 5.91 Å². The maximum absolute atomic E-state index is 13.5. The third-order valence-electron chi connectivity index (χ3n) is 3.11. The first-order valence-corrected chi connectivity index (χ1v) is 6.03. The van der Waals surface area contributed by atoms with Gasteiger partial charge < -0.3 is 4.90 Å². The van der Waals surface area contributed by atoms with Gasteiger partial charge >= 0.3 is 0 Å². The zero-order chi connectivity index (χ0) is 13.1. The van der Waals surface area contributed by atoms with Gasteiger partial charge in [-0.15, -0.1) is 0 Å². The van der Waals surface area contributed by atoms with E-state index in [2.05, 4.69) is 0 Å². The van der Waals surface area contributed by atoms with Crippen molar-refractivity contribution in [3.05, 3.63) is 35.1 Å². The zero-order valence-electron chi connectivity index (χ0n) is 9.89. The van der Waals surface area contributed by atoms with Crippen molar-refractivity contribution in [2.24, 2.45) is 0 Å². The summed E-state index contributed by atoms with van der Waals surface area (Å²) in [6, 6.07) is 1.07. The Morgan fingerprint density at radius 2 is 1.44 bits per heavy atom. The van der Waals surface area contributed by atoms with Crippen molar-refractivity contribution in [1.29, 1.82) is 0 Å². The largest absolute Gasteiger partial charge is 0.338 e. The van der Waals surface area contributed by atoms with Crippen LogP contribution in [0.15, 0.2) is 12.1 Å². The van der Waals surface area contributed by atoms with Crippen molar-refractivity contribution in [3.63, 3.8) is 0 Å². The molecule has 0 aromatic heterocycles. The van der Waals surface area contributed by atoms with Gasteiger partial charge in [0, 0.05) is 25.2 Å². The molecule has 18 heavy (non-hydrogen) atoms. The van der Waals surface area contributed by atoms with Crippen LogP contribution in [0.2, 0.25) is 0 Å². The Morgan fingerprint density at radius 1 is 0.944 bits per heavy atom. The lowest BCUT2D eigenvalue weighted by Crippen LogP contribution is -2.33. The lowest BCUT2D eigenvalue weighted by atomic mass is 10.1. The number of nitrogens with zero attached hydrogens (tertiary/aromatic N) is 1. The molecule has 0 unspecified atom stereocenters. The number of halogens is 3. The minimum Gasteiger partial charge on any atom is -0.338 e. The van der Waals surface area contributed by atoms with Crippen molar-refractivity contribution in [3.8, 4) is 0 Å². The van der Waals surface area contributed by atoms with E-state index in [4.69, 9.17) is 0 Å². The number of amides is 1. The lowest BCUT2D eigenvalue weighted by Gasteiger charge is -2.20. The highest BCUT2D eigenvalue weighted by Gasteiger charge is 2.24. The highest BCUT2D eigenvalue weighted by atomic mass is 19.1. The fourth-order valence-corrected chi connectivity index (χ4v) is 2.18. The van der Waals surface area contributed by atoms with Crippen LogP contribution in [0.4, 0.5) is 13.2 Å². The molecule has 0 spiro atoms. The summed E-state index contributed by atoms with van der Waals surface area (Å²) in [5.74, 6) is -3.98. The summed E-state index contributed by atoms with van der Waals surface area (Å²) >= 11 is 0. The third-order valence-corrected chi connectivity index (χ3v) is 3.11. The molecule has 0 saturated carbocycles. The molecule has 1 aromatic rings. The fourth-order valence-electron chi connectivity index (χ4n) is 2.18. The number of hydrogen-bond donors (Lipinski definition) is 0. The topological polar surface area (TPSA) is 20.3 Å². The molecule has 1 saturated heterocycles. The second-order valence-corrected chi connectivity index (χ2v) is 4.45. The molecule has 0 aliphatic carbocycles. The molecule has 98 valence electrons. The van der Waals surface area contributed by atoms with Crippen LogP contribution < -0.4 is 0 Å². The van der Waals surface area contributed by atoms with E-state index in [0.29, 0.717) is 25.2 Å². The van der Waals surface area contributed by atoms with Gasteiger partial charge in [0.2, 0.25) is 0 Å². The quantitative estimate of drug-likeness (QED) is 0.757. The number of hydrogen-bond acceptors (Lipinski definition) is 1. The van der Waals surface area contributed by atoms with Crippen LogP contribution >= 0.6 is 0 Å². The number of carbonyl (C=O) groups is 1. The standard InChI is InChI=1S/C13H14F3NO/c14-9-7-10(15)12(11(16)8-9)13(18)17-5-3-1-2-4-6-17/h7-8H,1-6H2. The van der Waals surface area contributed by atoms with Gasteiger partial charge in [-0.3, -0.25) is 4.79 Å². The van der Waals surface area contributed by atoms with Crippen molar-refractivity contribution in [1.82, 2.24) is 4.90 Å². The van der Waals surface area contributed by atoms with Gasteiger partial charge in [-0.25, -0.2) is 13.2 Å². The molecule has 0 radical (unpaired) electrons. The van der Waals surface area contributed by atoms with Gasteiger partial charge in [-0.2, -0.15) is 0 Å². The molecule has 1 aliphatic heterocycles. The Kier molecular flexibility index (Phi) is 3.89. The first kappa shape index (κ1) is 12.9. The van der Waals surface area contributed by atoms with E-state index in [1.54, 1.807) is 0 Å². The summed E-state index contributed by atoms with van der Waals surface area (Å²) in [6.07, 6.45) is 3.68. The first-order chi connectivity index (χ1) is 8.59. The summed E-state index contributed by atoms with van der Waals surface area (Å²) < 4.78 is 39.8. The van der Waals surface area contributed by atoms with E-state index in [9.17, 15) is 18.0 Å². The molecule has 1 aromatic carbocycles. The van der Waals surface area contributed by atoms with Gasteiger partial charge in [0.1, 0.15) is 23.0 Å². The van der Waals surface area contributed by atoms with Gasteiger partial charge in [0.05, 0.1) is 0 Å². The normalized spacial score (nSPS) is 16.5. The molecule has 0 atom stereocenters. The van der Waals surface area contributed by atoms with Crippen molar-refractivity contribution < 1.29 is 18.0 Å². The zero-order valence-corrected chi connectivity index (χ0v) is 9.89. The number of benzene rings is 1. The molecule has 0 N–H and O–H groups in total. The minimum absolute atomic E-state index is 0.495. The Hall–Kier alpha value is -1.52. The molecule has 0 bridgehead atoms. The minimum atomic E-state index is -1.14. The van der Waals surface area contributed by atoms with E-state index in [1.165, 1.54) is 4.90 Å². The third kappa shape index (κ3) is 2.66. The van der Waals surface area contributed by atoms with Gasteiger partial charge in [0.15, 0.2) is 0 Å². The molecule has 5 heteroatoms. The van der Waals surface area contributed by atoms with Crippen LogP contribution in [0.3, 0.4) is 0 Å². The van der Waals surface area contributed by atoms with Crippen molar-refractivity contribution in [2.45, 2.75) is 25.7 Å². The summed E-state index contributed by atoms with van der Waals surface area (Å²) in [6.45, 7) is 0.990. The van der Waals surface area contributed by atoms with Crippen LogP contribution in [0, 0.1) is 17.5 Å². The van der Waals surface area contributed by atoms with Crippen LogP contribution in [0.25, 0.3) is 0 Å². The second-order valence-electron chi connectivity index (χ2n) is 4.45. The van der Waals surface area contributed by atoms with Crippen LogP contribution in [-0.2, 0) is 0 Å². The Bertz CT molecular complexity index is 431. The van der Waals surface area contributed by atoms with E-state index >= 15 is 0 Å². The highest BCUT2D eigenvalue weighted by Crippen LogP contribution is 2.19. The molecule has 1 fully saturated rings. The Labute approximate surface area is 103 Å². The van der Waals surface area contributed by atoms with Crippen LogP contribution in [-0.4, -0.2) is 23.9 Å². The highest BCUT2D eigenvalue weighted by molar-refractivity contribution is 5.94. The van der Waals surface area contributed by atoms with Crippen molar-refractivity contribution in [2.75, 3.05) is 13.1 Å². The summed E-state index contributed by atoms with van der Waals surface area (Å²) in [5, 5.41) is 0. The van der Waals surface area contributed by atoms with Crippen LogP contribution in [0.5, 0.6) is 0 Å². The Morgan fingerprint density at radius 3 is 1.94 bits per heavy atom. The number of rotatable bonds is 1. The van der Waals surface area contributed by atoms with E-state index < -0.39 is 28.9 Å². The Balaban J connectivity index is 2.27. The molecular formula is C13H14F3NO. The first-order valence-electron chi connectivity index (χ1n) is 6.03. The van der Waals surface area contributed by atoms with Gasteiger partial charge in [0.25, 0.3) is 5.91 Å². The molecular weight excluding hydrogens is 243 g/mol. The summed E-state index contributed by atoms with van der Waals surface area (Å²) in [4.78, 5) is 13.5. The summed E-state index contributed by atoms with van der Waals surface area (Å²) in [7, 11) is 0. The average Bonchev–Trinajstić information content (AvgIpc) is 2.55. The average molecular weight is 257 g/mol. The molecule has 1 amide bonds. The predicted octanol–water partition coefficient (Wildman–Crippen LogP) is 3.12.